The Bertz CT molecular complexity index is 1260. The second-order valence-electron chi connectivity index (χ2n) is 9.63. The smallest absolute Gasteiger partial charge is 0.167 e. The summed E-state index contributed by atoms with van der Waals surface area (Å²) >= 11 is 0. The summed E-state index contributed by atoms with van der Waals surface area (Å²) in [5.41, 5.74) is 6.89. The molecule has 14 heteroatoms. The van der Waals surface area contributed by atoms with Crippen LogP contribution in [0.25, 0.3) is 11.2 Å². The van der Waals surface area contributed by atoms with Crippen LogP contribution >= 0.6 is 0 Å². The van der Waals surface area contributed by atoms with Gasteiger partial charge in [-0.2, -0.15) is 0 Å². The average Bonchev–Trinajstić information content (AvgIpc) is 3.55. The third kappa shape index (κ3) is 6.80. The van der Waals surface area contributed by atoms with E-state index in [0.29, 0.717) is 23.3 Å². The standard InChI is InChI=1S/C23H36N8O5S/c1-2-3-4-5-6-7-8-9-10-37(34,35)13-16-11-30(29-28-16)12-17-19(32)20(33)23(36-17)31-15-27-18-21(24)25-14-26-22(18)31/h11,14-15,17,19-20,23,32-33H,2-10,12-13H2,1H3,(H2,24,25,26)/t17-,19-,20-,23-/m1/s1. The van der Waals surface area contributed by atoms with Gasteiger partial charge in [0.25, 0.3) is 0 Å². The lowest BCUT2D eigenvalue weighted by atomic mass is 10.1. The summed E-state index contributed by atoms with van der Waals surface area (Å²) in [7, 11) is -3.30. The zero-order valence-electron chi connectivity index (χ0n) is 21.1. The summed E-state index contributed by atoms with van der Waals surface area (Å²) in [6.45, 7) is 2.26. The topological polar surface area (TPSA) is 184 Å². The molecule has 1 aliphatic heterocycles. The minimum Gasteiger partial charge on any atom is -0.387 e. The second kappa shape index (κ2) is 12.2. The molecule has 4 N–H and O–H groups in total. The quantitative estimate of drug-likeness (QED) is 0.253. The van der Waals surface area contributed by atoms with Gasteiger partial charge in [-0.25, -0.2) is 28.1 Å². The summed E-state index contributed by atoms with van der Waals surface area (Å²) < 4.78 is 33.9. The number of imidazole rings is 1. The number of anilines is 1. The van der Waals surface area contributed by atoms with Gasteiger partial charge in [0, 0.05) is 6.20 Å². The van der Waals surface area contributed by atoms with E-state index in [1.54, 1.807) is 0 Å². The van der Waals surface area contributed by atoms with Crippen molar-refractivity contribution in [2.45, 2.75) is 95.1 Å². The molecule has 4 atom stereocenters. The molecule has 0 bridgehead atoms. The Morgan fingerprint density at radius 1 is 1.03 bits per heavy atom. The van der Waals surface area contributed by atoms with Gasteiger partial charge in [0.2, 0.25) is 0 Å². The van der Waals surface area contributed by atoms with Crippen LogP contribution in [0.2, 0.25) is 0 Å². The van der Waals surface area contributed by atoms with Crippen molar-refractivity contribution in [1.29, 1.82) is 0 Å². The molecule has 13 nitrogen and oxygen atoms in total. The van der Waals surface area contributed by atoms with Crippen molar-refractivity contribution < 1.29 is 23.4 Å². The number of sulfone groups is 1. The van der Waals surface area contributed by atoms with Gasteiger partial charge in [0.05, 0.1) is 30.1 Å². The van der Waals surface area contributed by atoms with E-state index in [4.69, 9.17) is 10.5 Å². The molecule has 1 fully saturated rings. The molecule has 204 valence electrons. The molecule has 0 saturated carbocycles. The maximum absolute atomic E-state index is 12.5. The summed E-state index contributed by atoms with van der Waals surface area (Å²) in [6.07, 6.45) is 8.68. The van der Waals surface area contributed by atoms with Crippen molar-refractivity contribution in [3.8, 4) is 0 Å². The predicted molar refractivity (Wildman–Crippen MR) is 136 cm³/mol. The molecule has 1 aliphatic rings. The van der Waals surface area contributed by atoms with E-state index in [9.17, 15) is 18.6 Å². The van der Waals surface area contributed by atoms with E-state index < -0.39 is 34.4 Å². The first kappa shape index (κ1) is 27.4. The molecule has 37 heavy (non-hydrogen) atoms. The zero-order valence-corrected chi connectivity index (χ0v) is 21.9. The maximum Gasteiger partial charge on any atom is 0.167 e. The molecule has 0 aliphatic carbocycles. The van der Waals surface area contributed by atoms with Gasteiger partial charge in [0.15, 0.2) is 27.5 Å². The van der Waals surface area contributed by atoms with Crippen LogP contribution in [0.5, 0.6) is 0 Å². The van der Waals surface area contributed by atoms with Crippen LogP contribution in [0.15, 0.2) is 18.9 Å². The van der Waals surface area contributed by atoms with Crippen LogP contribution in [0, 0.1) is 0 Å². The highest BCUT2D eigenvalue weighted by Gasteiger charge is 2.44. The summed E-state index contributed by atoms with van der Waals surface area (Å²) in [4.78, 5) is 12.2. The summed E-state index contributed by atoms with van der Waals surface area (Å²) in [5, 5.41) is 29.2. The number of hydrogen-bond donors (Lipinski definition) is 3. The minimum atomic E-state index is -3.30. The highest BCUT2D eigenvalue weighted by Crippen LogP contribution is 2.32. The van der Waals surface area contributed by atoms with E-state index in [1.165, 1.54) is 53.8 Å². The Morgan fingerprint density at radius 3 is 2.51 bits per heavy atom. The third-order valence-electron chi connectivity index (χ3n) is 6.63. The van der Waals surface area contributed by atoms with Gasteiger partial charge in [-0.15, -0.1) is 5.10 Å². The molecule has 3 aromatic heterocycles. The van der Waals surface area contributed by atoms with E-state index in [2.05, 4.69) is 32.2 Å². The molecule has 0 aromatic carbocycles. The SMILES string of the molecule is CCCCCCCCCCS(=O)(=O)Cc1cn(C[C@H]2O[C@@H](n3cnc4c(N)ncnc43)[C@H](O)[C@@H]2O)nn1. The Kier molecular flexibility index (Phi) is 9.05. The number of aliphatic hydroxyl groups excluding tert-OH is 2. The lowest BCUT2D eigenvalue weighted by molar-refractivity contribution is -0.0403. The zero-order chi connectivity index (χ0) is 26.4. The molecule has 0 unspecified atom stereocenters. The maximum atomic E-state index is 12.5. The second-order valence-corrected chi connectivity index (χ2v) is 11.8. The predicted octanol–water partition coefficient (Wildman–Crippen LogP) is 1.37. The van der Waals surface area contributed by atoms with Gasteiger partial charge in [0.1, 0.15) is 30.2 Å². The van der Waals surface area contributed by atoms with Crippen molar-refractivity contribution in [3.05, 3.63) is 24.5 Å². The molecule has 1 saturated heterocycles. The van der Waals surface area contributed by atoms with Crippen molar-refractivity contribution in [2.75, 3.05) is 11.5 Å². The number of rotatable bonds is 14. The van der Waals surface area contributed by atoms with Gasteiger partial charge < -0.3 is 20.7 Å². The van der Waals surface area contributed by atoms with Gasteiger partial charge in [-0.1, -0.05) is 57.1 Å². The molecule has 0 radical (unpaired) electrons. The van der Waals surface area contributed by atoms with E-state index in [1.807, 2.05) is 0 Å². The number of aromatic nitrogens is 7. The Labute approximate surface area is 216 Å². The fourth-order valence-electron chi connectivity index (χ4n) is 4.60. The molecule has 0 amide bonds. The van der Waals surface area contributed by atoms with Crippen LogP contribution < -0.4 is 5.73 Å². The molecule has 4 rings (SSSR count). The van der Waals surface area contributed by atoms with Crippen molar-refractivity contribution >= 4 is 26.8 Å². The highest BCUT2D eigenvalue weighted by molar-refractivity contribution is 7.90. The first-order chi connectivity index (χ1) is 17.8. The van der Waals surface area contributed by atoms with Crippen LogP contribution in [-0.2, 0) is 26.9 Å². The molecule has 4 heterocycles. The summed E-state index contributed by atoms with van der Waals surface area (Å²) in [5.74, 6) is 0.131. The normalized spacial score (nSPS) is 22.2. The van der Waals surface area contributed by atoms with E-state index in [-0.39, 0.29) is 23.9 Å². The third-order valence-corrected chi connectivity index (χ3v) is 8.27. The van der Waals surface area contributed by atoms with Crippen molar-refractivity contribution in [2.24, 2.45) is 0 Å². The van der Waals surface area contributed by atoms with Crippen molar-refractivity contribution in [1.82, 2.24) is 34.5 Å². The van der Waals surface area contributed by atoms with Crippen LogP contribution in [-0.4, -0.2) is 77.2 Å². The lowest BCUT2D eigenvalue weighted by Crippen LogP contribution is -2.33. The lowest BCUT2D eigenvalue weighted by Gasteiger charge is -2.16. The number of unbranched alkanes of at least 4 members (excludes halogenated alkanes) is 7. The van der Waals surface area contributed by atoms with E-state index >= 15 is 0 Å². The fourth-order valence-corrected chi connectivity index (χ4v) is 5.97. The number of nitrogen functional groups attached to an aromatic ring is 1. The van der Waals surface area contributed by atoms with Gasteiger partial charge in [-0.3, -0.25) is 4.57 Å². The molecular weight excluding hydrogens is 500 g/mol. The number of nitrogens with zero attached hydrogens (tertiary/aromatic N) is 7. The van der Waals surface area contributed by atoms with Crippen LogP contribution in [0.1, 0.15) is 70.2 Å². The van der Waals surface area contributed by atoms with Crippen molar-refractivity contribution in [3.63, 3.8) is 0 Å². The Hall–Kier alpha value is -2.68. The first-order valence-corrected chi connectivity index (χ1v) is 14.6. The van der Waals surface area contributed by atoms with Gasteiger partial charge >= 0.3 is 0 Å². The first-order valence-electron chi connectivity index (χ1n) is 12.8. The van der Waals surface area contributed by atoms with Gasteiger partial charge in [-0.05, 0) is 6.42 Å². The monoisotopic (exact) mass is 536 g/mol. The Balaban J connectivity index is 1.28. The minimum absolute atomic E-state index is 0.0730. The average molecular weight is 537 g/mol. The molecule has 3 aromatic rings. The van der Waals surface area contributed by atoms with Crippen LogP contribution in [0.3, 0.4) is 0 Å². The number of ether oxygens (including phenoxy) is 1. The number of fused-ring (bicyclic) bond motifs is 1. The van der Waals surface area contributed by atoms with E-state index in [0.717, 1.165) is 19.3 Å². The number of nitrogens with two attached hydrogens (primary N) is 1. The largest absolute Gasteiger partial charge is 0.387 e. The van der Waals surface area contributed by atoms with Crippen LogP contribution in [0.4, 0.5) is 5.82 Å². The molecule has 0 spiro atoms. The fraction of sp³-hybridized carbons (Fsp3) is 0.696. The molecular formula is C23H36N8O5S. The Morgan fingerprint density at radius 2 is 1.76 bits per heavy atom. The number of aliphatic hydroxyl groups is 2. The highest BCUT2D eigenvalue weighted by atomic mass is 32.2. The summed E-state index contributed by atoms with van der Waals surface area (Å²) in [6, 6.07) is 0. The number of hydrogen-bond acceptors (Lipinski definition) is 11.